The first kappa shape index (κ1) is 16.3. The van der Waals surface area contributed by atoms with Gasteiger partial charge in [-0.15, -0.1) is 11.3 Å². The Balaban J connectivity index is 2.44. The summed E-state index contributed by atoms with van der Waals surface area (Å²) in [7, 11) is 1.92. The van der Waals surface area contributed by atoms with Gasteiger partial charge in [-0.25, -0.2) is 4.98 Å². The molecule has 6 heteroatoms. The van der Waals surface area contributed by atoms with Crippen molar-refractivity contribution in [1.29, 1.82) is 0 Å². The van der Waals surface area contributed by atoms with Crippen LogP contribution < -0.4 is 14.8 Å². The highest BCUT2D eigenvalue weighted by atomic mass is 79.9. The topological polar surface area (TPSA) is 43.4 Å². The quantitative estimate of drug-likeness (QED) is 0.796. The number of nitrogens with zero attached hydrogens (tertiary/aromatic N) is 1. The van der Waals surface area contributed by atoms with E-state index in [-0.39, 0.29) is 0 Å². The molecule has 0 fully saturated rings. The van der Waals surface area contributed by atoms with Crippen LogP contribution in [0.2, 0.25) is 0 Å². The fraction of sp³-hybridized carbons (Fsp3) is 0.400. The molecule has 0 bridgehead atoms. The highest BCUT2D eigenvalue weighted by Gasteiger charge is 2.14. The first-order valence-electron chi connectivity index (χ1n) is 6.88. The van der Waals surface area contributed by atoms with E-state index in [0.29, 0.717) is 13.2 Å². The molecule has 0 unspecified atom stereocenters. The second-order valence-electron chi connectivity index (χ2n) is 4.30. The summed E-state index contributed by atoms with van der Waals surface area (Å²) >= 11 is 5.16. The predicted molar refractivity (Wildman–Crippen MR) is 90.4 cm³/mol. The molecule has 1 aromatic carbocycles. The minimum Gasteiger partial charge on any atom is -0.493 e. The lowest BCUT2D eigenvalue weighted by atomic mass is 10.1. The van der Waals surface area contributed by atoms with E-state index in [0.717, 1.165) is 38.8 Å². The number of aromatic nitrogens is 1. The molecule has 0 aliphatic rings. The molecule has 0 saturated carbocycles. The lowest BCUT2D eigenvalue weighted by Gasteiger charge is -2.13. The van der Waals surface area contributed by atoms with Crippen LogP contribution in [0.15, 0.2) is 22.0 Å². The van der Waals surface area contributed by atoms with Crippen LogP contribution in [0.4, 0.5) is 0 Å². The molecule has 0 atom stereocenters. The Bertz CT molecular complexity index is 601. The molecule has 4 nitrogen and oxygen atoms in total. The molecule has 0 aliphatic carbocycles. The SMILES string of the molecule is CCOc1cc(-c2csc(CNC)n2)c(OCC)cc1Br. The average Bonchev–Trinajstić information content (AvgIpc) is 2.91. The third-order valence-corrected chi connectivity index (χ3v) is 4.26. The van der Waals surface area contributed by atoms with E-state index in [4.69, 9.17) is 9.47 Å². The van der Waals surface area contributed by atoms with Gasteiger partial charge in [-0.05, 0) is 49.0 Å². The molecule has 0 spiro atoms. The Morgan fingerprint density at radius 3 is 2.57 bits per heavy atom. The predicted octanol–water partition coefficient (Wildman–Crippen LogP) is 4.09. The van der Waals surface area contributed by atoms with E-state index >= 15 is 0 Å². The van der Waals surface area contributed by atoms with Gasteiger partial charge in [-0.3, -0.25) is 0 Å². The molecule has 0 amide bonds. The van der Waals surface area contributed by atoms with E-state index < -0.39 is 0 Å². The third-order valence-electron chi connectivity index (χ3n) is 2.79. The number of rotatable bonds is 7. The molecule has 2 aromatic rings. The average molecular weight is 371 g/mol. The monoisotopic (exact) mass is 370 g/mol. The maximum absolute atomic E-state index is 5.74. The summed E-state index contributed by atoms with van der Waals surface area (Å²) < 4.78 is 12.3. The molecular formula is C15H19BrN2O2S. The van der Waals surface area contributed by atoms with Crippen molar-refractivity contribution in [3.63, 3.8) is 0 Å². The number of benzene rings is 1. The van der Waals surface area contributed by atoms with Gasteiger partial charge in [-0.2, -0.15) is 0 Å². The van der Waals surface area contributed by atoms with E-state index in [1.807, 2.05) is 38.4 Å². The highest BCUT2D eigenvalue weighted by Crippen LogP contribution is 2.39. The van der Waals surface area contributed by atoms with E-state index in [1.165, 1.54) is 0 Å². The van der Waals surface area contributed by atoms with Crippen molar-refractivity contribution in [2.45, 2.75) is 20.4 Å². The minimum absolute atomic E-state index is 0.612. The minimum atomic E-state index is 0.612. The van der Waals surface area contributed by atoms with Gasteiger partial charge in [0.05, 0.1) is 23.4 Å². The van der Waals surface area contributed by atoms with E-state index in [1.54, 1.807) is 11.3 Å². The standard InChI is InChI=1S/C15H19BrN2O2S/c1-4-19-13-7-11(16)14(20-5-2)6-10(13)12-9-21-15(18-12)8-17-3/h6-7,9,17H,4-5,8H2,1-3H3. The normalized spacial score (nSPS) is 10.7. The van der Waals surface area contributed by atoms with Crippen molar-refractivity contribution in [1.82, 2.24) is 10.3 Å². The molecule has 2 rings (SSSR count). The van der Waals surface area contributed by atoms with Crippen molar-refractivity contribution in [2.75, 3.05) is 20.3 Å². The van der Waals surface area contributed by atoms with Crippen LogP contribution in [0.5, 0.6) is 11.5 Å². The fourth-order valence-electron chi connectivity index (χ4n) is 1.94. The summed E-state index contributed by atoms with van der Waals surface area (Å²) in [5, 5.41) is 6.22. The third kappa shape index (κ3) is 3.96. The largest absolute Gasteiger partial charge is 0.493 e. The highest BCUT2D eigenvalue weighted by molar-refractivity contribution is 9.10. The van der Waals surface area contributed by atoms with Crippen molar-refractivity contribution < 1.29 is 9.47 Å². The summed E-state index contributed by atoms with van der Waals surface area (Å²) in [5.74, 6) is 1.62. The van der Waals surface area contributed by atoms with Crippen LogP contribution >= 0.6 is 27.3 Å². The van der Waals surface area contributed by atoms with Crippen LogP contribution in [0.25, 0.3) is 11.3 Å². The molecule has 1 heterocycles. The summed E-state index contributed by atoms with van der Waals surface area (Å²) in [6.45, 7) is 5.94. The van der Waals surface area contributed by atoms with Gasteiger partial charge in [0.2, 0.25) is 0 Å². The van der Waals surface area contributed by atoms with Crippen LogP contribution in [0, 0.1) is 0 Å². The summed E-state index contributed by atoms with van der Waals surface area (Å²) in [5.41, 5.74) is 1.88. The van der Waals surface area contributed by atoms with Gasteiger partial charge in [0.1, 0.15) is 16.5 Å². The molecule has 1 aromatic heterocycles. The van der Waals surface area contributed by atoms with Gasteiger partial charge < -0.3 is 14.8 Å². The first-order valence-corrected chi connectivity index (χ1v) is 8.55. The van der Waals surface area contributed by atoms with Gasteiger partial charge in [0.15, 0.2) is 0 Å². The summed E-state index contributed by atoms with van der Waals surface area (Å²) in [4.78, 5) is 4.65. The number of thiazole rings is 1. The number of ether oxygens (including phenoxy) is 2. The second-order valence-corrected chi connectivity index (χ2v) is 6.10. The zero-order valence-corrected chi connectivity index (χ0v) is 14.8. The van der Waals surface area contributed by atoms with Gasteiger partial charge >= 0.3 is 0 Å². The van der Waals surface area contributed by atoms with Crippen molar-refractivity contribution in [2.24, 2.45) is 0 Å². The Morgan fingerprint density at radius 1 is 1.19 bits per heavy atom. The second kappa shape index (κ2) is 7.77. The van der Waals surface area contributed by atoms with E-state index in [9.17, 15) is 0 Å². The van der Waals surface area contributed by atoms with Gasteiger partial charge in [0, 0.05) is 17.5 Å². The zero-order valence-electron chi connectivity index (χ0n) is 12.4. The summed E-state index contributed by atoms with van der Waals surface area (Å²) in [6.07, 6.45) is 0. The fourth-order valence-corrected chi connectivity index (χ4v) is 3.19. The molecular weight excluding hydrogens is 352 g/mol. The van der Waals surface area contributed by atoms with Crippen molar-refractivity contribution in [3.05, 3.63) is 27.0 Å². The Labute approximate surface area is 137 Å². The van der Waals surface area contributed by atoms with Gasteiger partial charge in [-0.1, -0.05) is 0 Å². The Kier molecular flexibility index (Phi) is 6.02. The van der Waals surface area contributed by atoms with Crippen LogP contribution in [-0.4, -0.2) is 25.2 Å². The van der Waals surface area contributed by atoms with Gasteiger partial charge in [0.25, 0.3) is 0 Å². The first-order chi connectivity index (χ1) is 10.2. The lowest BCUT2D eigenvalue weighted by molar-refractivity contribution is 0.330. The molecule has 1 N–H and O–H groups in total. The number of nitrogens with one attached hydrogen (secondary N) is 1. The molecule has 0 saturated heterocycles. The van der Waals surface area contributed by atoms with Crippen LogP contribution in [0.3, 0.4) is 0 Å². The summed E-state index contributed by atoms with van der Waals surface area (Å²) in [6, 6.07) is 3.93. The molecule has 0 aliphatic heterocycles. The molecule has 0 radical (unpaired) electrons. The Hall–Kier alpha value is -1.11. The smallest absolute Gasteiger partial charge is 0.134 e. The Morgan fingerprint density at radius 2 is 1.90 bits per heavy atom. The van der Waals surface area contributed by atoms with Crippen molar-refractivity contribution >= 4 is 27.3 Å². The molecule has 114 valence electrons. The number of hydrogen-bond donors (Lipinski definition) is 1. The maximum Gasteiger partial charge on any atom is 0.134 e. The van der Waals surface area contributed by atoms with Crippen molar-refractivity contribution in [3.8, 4) is 22.8 Å². The van der Waals surface area contributed by atoms with Crippen LogP contribution in [-0.2, 0) is 6.54 Å². The van der Waals surface area contributed by atoms with Crippen LogP contribution in [0.1, 0.15) is 18.9 Å². The number of halogens is 1. The zero-order chi connectivity index (χ0) is 15.2. The maximum atomic E-state index is 5.74. The van der Waals surface area contributed by atoms with E-state index in [2.05, 4.69) is 26.2 Å². The lowest BCUT2D eigenvalue weighted by Crippen LogP contribution is -2.04. The molecule has 21 heavy (non-hydrogen) atoms. The number of hydrogen-bond acceptors (Lipinski definition) is 5.